The zero-order valence-corrected chi connectivity index (χ0v) is 13.5. The largest absolute Gasteiger partial charge is 0.478 e. The molecule has 2 N–H and O–H groups in total. The van der Waals surface area contributed by atoms with E-state index in [1.54, 1.807) is 6.07 Å². The molecule has 24 heavy (non-hydrogen) atoms. The predicted octanol–water partition coefficient (Wildman–Crippen LogP) is 4.29. The van der Waals surface area contributed by atoms with Crippen LogP contribution in [0.4, 0.5) is 5.00 Å². The van der Waals surface area contributed by atoms with Crippen molar-refractivity contribution in [2.24, 2.45) is 0 Å². The van der Waals surface area contributed by atoms with Gasteiger partial charge in [0.2, 0.25) is 5.91 Å². The molecule has 0 aliphatic heterocycles. The molecule has 0 saturated heterocycles. The monoisotopic (exact) mass is 337 g/mol. The smallest absolute Gasteiger partial charge is 0.338 e. The third-order valence-corrected chi connectivity index (χ3v) is 4.58. The van der Waals surface area contributed by atoms with E-state index in [2.05, 4.69) is 5.32 Å². The molecule has 3 aromatic rings. The summed E-state index contributed by atoms with van der Waals surface area (Å²) in [6.45, 7) is 0. The van der Waals surface area contributed by atoms with Gasteiger partial charge in [-0.1, -0.05) is 60.7 Å². The minimum absolute atomic E-state index is 0.111. The van der Waals surface area contributed by atoms with E-state index in [1.165, 1.54) is 11.3 Å². The van der Waals surface area contributed by atoms with Crippen molar-refractivity contribution in [3.05, 3.63) is 77.9 Å². The minimum atomic E-state index is -1.05. The quantitative estimate of drug-likeness (QED) is 0.730. The Bertz CT molecular complexity index is 857. The van der Waals surface area contributed by atoms with Crippen LogP contribution >= 0.6 is 11.3 Å². The first kappa shape index (κ1) is 16.0. The molecule has 0 unspecified atom stereocenters. The minimum Gasteiger partial charge on any atom is -0.478 e. The van der Waals surface area contributed by atoms with Crippen molar-refractivity contribution >= 4 is 28.2 Å². The second kappa shape index (κ2) is 7.10. The van der Waals surface area contributed by atoms with Crippen molar-refractivity contribution in [2.45, 2.75) is 6.42 Å². The highest BCUT2D eigenvalue weighted by atomic mass is 32.1. The van der Waals surface area contributed by atoms with Crippen LogP contribution in [0, 0.1) is 0 Å². The summed E-state index contributed by atoms with van der Waals surface area (Å²) in [7, 11) is 0. The number of benzene rings is 2. The first-order valence-corrected chi connectivity index (χ1v) is 8.21. The molecule has 0 bridgehead atoms. The molecule has 0 spiro atoms. The Kier molecular flexibility index (Phi) is 4.72. The van der Waals surface area contributed by atoms with Crippen molar-refractivity contribution in [2.75, 3.05) is 5.32 Å². The summed E-state index contributed by atoms with van der Waals surface area (Å²) < 4.78 is 0. The van der Waals surface area contributed by atoms with E-state index in [4.69, 9.17) is 0 Å². The molecule has 0 aliphatic rings. The van der Waals surface area contributed by atoms with Gasteiger partial charge >= 0.3 is 5.97 Å². The van der Waals surface area contributed by atoms with Crippen molar-refractivity contribution in [3.8, 4) is 10.4 Å². The summed E-state index contributed by atoms with van der Waals surface area (Å²) >= 11 is 1.27. The Balaban J connectivity index is 1.83. The van der Waals surface area contributed by atoms with E-state index >= 15 is 0 Å². The van der Waals surface area contributed by atoms with Crippen LogP contribution in [-0.4, -0.2) is 17.0 Å². The van der Waals surface area contributed by atoms with Crippen LogP contribution < -0.4 is 5.32 Å². The van der Waals surface area contributed by atoms with Crippen molar-refractivity contribution in [1.29, 1.82) is 0 Å². The van der Waals surface area contributed by atoms with Gasteiger partial charge in [0.05, 0.1) is 12.0 Å². The molecule has 5 heteroatoms. The molecule has 0 fully saturated rings. The van der Waals surface area contributed by atoms with Crippen LogP contribution in [0.15, 0.2) is 66.7 Å². The SMILES string of the molecule is O=C(Cc1ccccc1)Nc1sc(-c2ccccc2)cc1C(=O)O. The summed E-state index contributed by atoms with van der Waals surface area (Å²) in [5.74, 6) is -1.28. The highest BCUT2D eigenvalue weighted by Gasteiger charge is 2.18. The lowest BCUT2D eigenvalue weighted by molar-refractivity contribution is -0.115. The summed E-state index contributed by atoms with van der Waals surface area (Å²) in [6.07, 6.45) is 0.207. The standard InChI is InChI=1S/C19H15NO3S/c21-17(11-13-7-3-1-4-8-13)20-18-15(19(22)23)12-16(24-18)14-9-5-2-6-10-14/h1-10,12H,11H2,(H,20,21)(H,22,23). The first-order valence-electron chi connectivity index (χ1n) is 7.40. The van der Waals surface area contributed by atoms with Crippen LogP contribution in [-0.2, 0) is 11.2 Å². The predicted molar refractivity (Wildman–Crippen MR) is 95.5 cm³/mol. The topological polar surface area (TPSA) is 66.4 Å². The number of hydrogen-bond acceptors (Lipinski definition) is 3. The number of thiophene rings is 1. The van der Waals surface area contributed by atoms with Crippen LogP contribution in [0.25, 0.3) is 10.4 Å². The van der Waals surface area contributed by atoms with Gasteiger partial charge in [-0.15, -0.1) is 11.3 Å². The average molecular weight is 337 g/mol. The number of hydrogen-bond donors (Lipinski definition) is 2. The molecular weight excluding hydrogens is 322 g/mol. The lowest BCUT2D eigenvalue weighted by Crippen LogP contribution is -2.15. The maximum atomic E-state index is 12.2. The van der Waals surface area contributed by atoms with Gasteiger partial charge in [0, 0.05) is 4.88 Å². The Labute approximate surface area is 143 Å². The Hall–Kier alpha value is -2.92. The number of nitrogens with one attached hydrogen (secondary N) is 1. The molecule has 0 aliphatic carbocycles. The van der Waals surface area contributed by atoms with E-state index in [-0.39, 0.29) is 17.9 Å². The molecule has 0 atom stereocenters. The van der Waals surface area contributed by atoms with E-state index in [9.17, 15) is 14.7 Å². The number of rotatable bonds is 5. The normalized spacial score (nSPS) is 10.3. The number of carboxylic acids is 1. The molecule has 0 radical (unpaired) electrons. The number of carboxylic acid groups (broad SMARTS) is 1. The molecule has 1 amide bonds. The van der Waals surface area contributed by atoms with Gasteiger partial charge in [-0.2, -0.15) is 0 Å². The summed E-state index contributed by atoms with van der Waals surface area (Å²) in [5, 5.41) is 12.5. The Morgan fingerprint density at radius 3 is 2.21 bits per heavy atom. The van der Waals surface area contributed by atoms with Crippen molar-refractivity contribution < 1.29 is 14.7 Å². The molecule has 1 aromatic heterocycles. The van der Waals surface area contributed by atoms with Gasteiger partial charge in [0.15, 0.2) is 0 Å². The fourth-order valence-electron chi connectivity index (χ4n) is 2.34. The Morgan fingerprint density at radius 1 is 0.958 bits per heavy atom. The third-order valence-electron chi connectivity index (χ3n) is 3.48. The van der Waals surface area contributed by atoms with Crippen molar-refractivity contribution in [1.82, 2.24) is 0 Å². The number of carbonyl (C=O) groups is 2. The number of aromatic carboxylic acids is 1. The van der Waals surface area contributed by atoms with E-state index < -0.39 is 5.97 Å². The molecule has 120 valence electrons. The number of carbonyl (C=O) groups excluding carboxylic acids is 1. The zero-order valence-electron chi connectivity index (χ0n) is 12.7. The lowest BCUT2D eigenvalue weighted by atomic mass is 10.1. The summed E-state index contributed by atoms with van der Waals surface area (Å²) in [6, 6.07) is 20.4. The van der Waals surface area contributed by atoms with Gasteiger partial charge in [-0.3, -0.25) is 4.79 Å². The van der Waals surface area contributed by atoms with Gasteiger partial charge in [-0.25, -0.2) is 4.79 Å². The van der Waals surface area contributed by atoms with Gasteiger partial charge < -0.3 is 10.4 Å². The van der Waals surface area contributed by atoms with E-state index in [1.807, 2.05) is 60.7 Å². The third kappa shape index (κ3) is 3.70. The second-order valence-electron chi connectivity index (χ2n) is 5.24. The number of amides is 1. The summed E-state index contributed by atoms with van der Waals surface area (Å²) in [5.41, 5.74) is 1.92. The van der Waals surface area contributed by atoms with Crippen LogP contribution in [0.1, 0.15) is 15.9 Å². The van der Waals surface area contributed by atoms with Crippen LogP contribution in [0.3, 0.4) is 0 Å². The fraction of sp³-hybridized carbons (Fsp3) is 0.0526. The fourth-order valence-corrected chi connectivity index (χ4v) is 3.41. The van der Waals surface area contributed by atoms with Crippen LogP contribution in [0.5, 0.6) is 0 Å². The average Bonchev–Trinajstić information content (AvgIpc) is 3.00. The molecule has 4 nitrogen and oxygen atoms in total. The molecule has 0 saturated carbocycles. The van der Waals surface area contributed by atoms with Crippen LogP contribution in [0.2, 0.25) is 0 Å². The first-order chi connectivity index (χ1) is 11.6. The maximum absolute atomic E-state index is 12.2. The highest BCUT2D eigenvalue weighted by Crippen LogP contribution is 2.35. The number of anilines is 1. The molecular formula is C19H15NO3S. The Morgan fingerprint density at radius 2 is 1.58 bits per heavy atom. The van der Waals surface area contributed by atoms with Gasteiger partial charge in [0.1, 0.15) is 5.00 Å². The highest BCUT2D eigenvalue weighted by molar-refractivity contribution is 7.20. The van der Waals surface area contributed by atoms with E-state index in [0.29, 0.717) is 5.00 Å². The summed E-state index contributed by atoms with van der Waals surface area (Å²) in [4.78, 5) is 24.5. The molecule has 3 rings (SSSR count). The maximum Gasteiger partial charge on any atom is 0.338 e. The van der Waals surface area contributed by atoms with E-state index in [0.717, 1.165) is 16.0 Å². The van der Waals surface area contributed by atoms with Crippen molar-refractivity contribution in [3.63, 3.8) is 0 Å². The zero-order chi connectivity index (χ0) is 16.9. The molecule has 1 heterocycles. The van der Waals surface area contributed by atoms with Gasteiger partial charge in [0.25, 0.3) is 0 Å². The van der Waals surface area contributed by atoms with Gasteiger partial charge in [-0.05, 0) is 17.2 Å². The lowest BCUT2D eigenvalue weighted by Gasteiger charge is -2.04. The second-order valence-corrected chi connectivity index (χ2v) is 6.29. The molecule has 2 aromatic carbocycles.